The molecule has 1 aromatic heterocycles. The molecular weight excluding hydrogens is 360 g/mol. The van der Waals surface area contributed by atoms with Crippen molar-refractivity contribution >= 4 is 15.9 Å². The fourth-order valence-electron chi connectivity index (χ4n) is 3.14. The minimum atomic E-state index is -3.66. The Bertz CT molecular complexity index is 955. The second-order valence-electron chi connectivity index (χ2n) is 6.18. The second kappa shape index (κ2) is 6.29. The number of hydrogen-bond donors (Lipinski definition) is 1. The summed E-state index contributed by atoms with van der Waals surface area (Å²) in [5.74, 6) is 0.422. The summed E-state index contributed by atoms with van der Waals surface area (Å²) in [5, 5.41) is 4.12. The van der Waals surface area contributed by atoms with Crippen LogP contribution in [0.3, 0.4) is 0 Å². The summed E-state index contributed by atoms with van der Waals surface area (Å²) in [4.78, 5) is 11.4. The van der Waals surface area contributed by atoms with Crippen molar-refractivity contribution < 1.29 is 22.7 Å². The molecule has 0 bridgehead atoms. The molecule has 1 fully saturated rings. The quantitative estimate of drug-likeness (QED) is 0.822. The molecule has 138 valence electrons. The van der Waals surface area contributed by atoms with Crippen molar-refractivity contribution in [1.29, 1.82) is 0 Å². The Morgan fingerprint density at radius 2 is 2.00 bits per heavy atom. The molecule has 0 aliphatic carbocycles. The Hall–Kier alpha value is -2.59. The van der Waals surface area contributed by atoms with Crippen molar-refractivity contribution in [3.8, 4) is 11.5 Å². The van der Waals surface area contributed by atoms with Gasteiger partial charge < -0.3 is 15.2 Å². The van der Waals surface area contributed by atoms with Crippen LogP contribution in [0.4, 0.5) is 0 Å². The number of ether oxygens (including phenoxy) is 2. The van der Waals surface area contributed by atoms with Crippen LogP contribution in [0.5, 0.6) is 11.5 Å². The maximum absolute atomic E-state index is 12.9. The maximum Gasteiger partial charge on any atom is 0.251 e. The van der Waals surface area contributed by atoms with Crippen LogP contribution in [-0.2, 0) is 10.0 Å². The highest BCUT2D eigenvalue weighted by Crippen LogP contribution is 2.34. The van der Waals surface area contributed by atoms with Gasteiger partial charge in [0.2, 0.25) is 10.0 Å². The first-order valence-corrected chi connectivity index (χ1v) is 9.63. The van der Waals surface area contributed by atoms with E-state index in [4.69, 9.17) is 15.2 Å². The number of rotatable bonds is 4. The number of benzene rings is 1. The van der Waals surface area contributed by atoms with Crippen molar-refractivity contribution in [2.45, 2.75) is 17.4 Å². The number of fused-ring (bicyclic) bond motifs is 1. The van der Waals surface area contributed by atoms with Gasteiger partial charge in [-0.05, 0) is 18.6 Å². The van der Waals surface area contributed by atoms with Crippen LogP contribution in [0.2, 0.25) is 0 Å². The fourth-order valence-corrected chi connectivity index (χ4v) is 4.65. The van der Waals surface area contributed by atoms with Crippen molar-refractivity contribution in [2.24, 2.45) is 5.73 Å². The first-order valence-electron chi connectivity index (χ1n) is 8.19. The summed E-state index contributed by atoms with van der Waals surface area (Å²) in [6.45, 7) is 1.48. The zero-order chi connectivity index (χ0) is 18.3. The lowest BCUT2D eigenvalue weighted by Gasteiger charge is -2.21. The third kappa shape index (κ3) is 2.90. The largest absolute Gasteiger partial charge is 0.486 e. The highest BCUT2D eigenvalue weighted by molar-refractivity contribution is 7.89. The summed E-state index contributed by atoms with van der Waals surface area (Å²) in [6, 6.07) is 4.49. The lowest BCUT2D eigenvalue weighted by molar-refractivity contribution is 0.1000. The molecule has 2 aromatic rings. The number of carbonyl (C=O) groups is 1. The summed E-state index contributed by atoms with van der Waals surface area (Å²) < 4.78 is 39.8. The van der Waals surface area contributed by atoms with E-state index in [1.54, 1.807) is 16.9 Å². The van der Waals surface area contributed by atoms with Crippen LogP contribution in [-0.4, -0.2) is 54.7 Å². The van der Waals surface area contributed by atoms with E-state index in [2.05, 4.69) is 5.10 Å². The average molecular weight is 378 g/mol. The van der Waals surface area contributed by atoms with Gasteiger partial charge in [0.15, 0.2) is 11.5 Å². The minimum Gasteiger partial charge on any atom is -0.486 e. The van der Waals surface area contributed by atoms with Crippen molar-refractivity contribution in [3.63, 3.8) is 0 Å². The fraction of sp³-hybridized carbons (Fsp3) is 0.375. The number of nitrogens with zero attached hydrogens (tertiary/aromatic N) is 3. The van der Waals surface area contributed by atoms with Gasteiger partial charge in [0.1, 0.15) is 13.2 Å². The molecule has 9 nitrogen and oxygen atoms in total. The summed E-state index contributed by atoms with van der Waals surface area (Å²) in [7, 11) is -3.66. The van der Waals surface area contributed by atoms with Gasteiger partial charge in [-0.15, -0.1) is 0 Å². The van der Waals surface area contributed by atoms with E-state index in [1.165, 1.54) is 22.6 Å². The predicted octanol–water partition coefficient (Wildman–Crippen LogP) is 0.389. The summed E-state index contributed by atoms with van der Waals surface area (Å²) in [6.07, 6.45) is 3.54. The molecule has 0 radical (unpaired) electrons. The highest BCUT2D eigenvalue weighted by Gasteiger charge is 2.34. The molecule has 2 N–H and O–H groups in total. The Morgan fingerprint density at radius 3 is 2.73 bits per heavy atom. The maximum atomic E-state index is 12.9. The van der Waals surface area contributed by atoms with E-state index in [1.807, 2.05) is 0 Å². The molecule has 1 aromatic carbocycles. The first kappa shape index (κ1) is 16.9. The van der Waals surface area contributed by atoms with Gasteiger partial charge in [0, 0.05) is 25.4 Å². The standard InChI is InChI=1S/C16H18N4O5S/c17-16(21)11-8-18-20(9-11)12-3-4-19(10-12)26(22,23)13-1-2-14-15(7-13)25-6-5-24-14/h1-2,7-9,12H,3-6,10H2,(H2,17,21). The number of carbonyl (C=O) groups excluding carboxylic acids is 1. The molecule has 0 saturated carbocycles. The number of primary amides is 1. The molecule has 2 aliphatic rings. The Balaban J connectivity index is 1.54. The second-order valence-corrected chi connectivity index (χ2v) is 8.12. The molecule has 1 saturated heterocycles. The van der Waals surface area contributed by atoms with Crippen molar-refractivity contribution in [3.05, 3.63) is 36.2 Å². The minimum absolute atomic E-state index is 0.143. The topological polar surface area (TPSA) is 117 Å². The number of sulfonamides is 1. The Labute approximate surface area is 150 Å². The number of hydrogen-bond acceptors (Lipinski definition) is 6. The summed E-state index contributed by atoms with van der Waals surface area (Å²) >= 11 is 0. The SMILES string of the molecule is NC(=O)c1cnn(C2CCN(S(=O)(=O)c3ccc4c(c3)OCCO4)C2)c1. The van der Waals surface area contributed by atoms with E-state index >= 15 is 0 Å². The monoisotopic (exact) mass is 378 g/mol. The lowest BCUT2D eigenvalue weighted by atomic mass is 10.3. The van der Waals surface area contributed by atoms with E-state index in [0.29, 0.717) is 43.2 Å². The number of aromatic nitrogens is 2. The molecular formula is C16H18N4O5S. The number of nitrogens with two attached hydrogens (primary N) is 1. The van der Waals surface area contributed by atoms with Crippen molar-refractivity contribution in [2.75, 3.05) is 26.3 Å². The van der Waals surface area contributed by atoms with Crippen molar-refractivity contribution in [1.82, 2.24) is 14.1 Å². The van der Waals surface area contributed by atoms with Crippen LogP contribution in [0.15, 0.2) is 35.5 Å². The zero-order valence-corrected chi connectivity index (χ0v) is 14.7. The van der Waals surface area contributed by atoms with E-state index < -0.39 is 15.9 Å². The van der Waals surface area contributed by atoms with Gasteiger partial charge in [-0.3, -0.25) is 9.48 Å². The molecule has 1 amide bonds. The van der Waals surface area contributed by atoms with Gasteiger partial charge in [-0.25, -0.2) is 8.42 Å². The molecule has 1 atom stereocenters. The molecule has 10 heteroatoms. The summed E-state index contributed by atoms with van der Waals surface area (Å²) in [5.41, 5.74) is 5.54. The molecule has 4 rings (SSSR count). The number of amides is 1. The van der Waals surface area contributed by atoms with Crippen LogP contribution in [0.1, 0.15) is 22.8 Å². The molecule has 0 spiro atoms. The van der Waals surface area contributed by atoms with Crippen LogP contribution in [0, 0.1) is 0 Å². The van der Waals surface area contributed by atoms with Gasteiger partial charge in [0.25, 0.3) is 5.91 Å². The van der Waals surface area contributed by atoms with Gasteiger partial charge in [-0.1, -0.05) is 0 Å². The van der Waals surface area contributed by atoms with E-state index in [0.717, 1.165) is 0 Å². The third-order valence-corrected chi connectivity index (χ3v) is 6.40. The lowest BCUT2D eigenvalue weighted by Crippen LogP contribution is -2.29. The molecule has 1 unspecified atom stereocenters. The molecule has 2 aliphatic heterocycles. The first-order chi connectivity index (χ1) is 12.4. The van der Waals surface area contributed by atoms with E-state index in [-0.39, 0.29) is 17.5 Å². The smallest absolute Gasteiger partial charge is 0.251 e. The Kier molecular flexibility index (Phi) is 4.08. The van der Waals surface area contributed by atoms with Crippen LogP contribution < -0.4 is 15.2 Å². The van der Waals surface area contributed by atoms with Crippen LogP contribution in [0.25, 0.3) is 0 Å². The molecule has 3 heterocycles. The highest BCUT2D eigenvalue weighted by atomic mass is 32.2. The normalized spacial score (nSPS) is 20.2. The van der Waals surface area contributed by atoms with Gasteiger partial charge in [0.05, 0.1) is 22.7 Å². The van der Waals surface area contributed by atoms with Gasteiger partial charge >= 0.3 is 0 Å². The average Bonchev–Trinajstić information content (AvgIpc) is 3.30. The van der Waals surface area contributed by atoms with E-state index in [9.17, 15) is 13.2 Å². The van der Waals surface area contributed by atoms with Crippen LogP contribution >= 0.6 is 0 Å². The third-order valence-electron chi connectivity index (χ3n) is 4.54. The zero-order valence-electron chi connectivity index (χ0n) is 13.9. The predicted molar refractivity (Wildman–Crippen MR) is 90.6 cm³/mol. The Morgan fingerprint density at radius 1 is 1.23 bits per heavy atom. The molecule has 26 heavy (non-hydrogen) atoms. The van der Waals surface area contributed by atoms with Gasteiger partial charge in [-0.2, -0.15) is 9.40 Å².